The second-order valence-electron chi connectivity index (χ2n) is 6.27. The highest BCUT2D eigenvalue weighted by molar-refractivity contribution is 5.81. The molecule has 2 unspecified atom stereocenters. The van der Waals surface area contributed by atoms with Crippen molar-refractivity contribution in [3.63, 3.8) is 0 Å². The molecule has 0 bridgehead atoms. The third-order valence-electron chi connectivity index (χ3n) is 4.49. The molecule has 1 aliphatic heterocycles. The fraction of sp³-hybridized carbons (Fsp3) is 0.222. The van der Waals surface area contributed by atoms with Crippen LogP contribution in [-0.4, -0.2) is 28.2 Å². The molecule has 0 aliphatic carbocycles. The van der Waals surface area contributed by atoms with E-state index in [0.717, 1.165) is 10.6 Å². The summed E-state index contributed by atoms with van der Waals surface area (Å²) >= 11 is 0. The minimum Gasteiger partial charge on any atom is -0.490 e. The van der Waals surface area contributed by atoms with Crippen LogP contribution in [0.1, 0.15) is 11.6 Å². The van der Waals surface area contributed by atoms with Crippen molar-refractivity contribution in [1.82, 2.24) is 9.88 Å². The van der Waals surface area contributed by atoms with Crippen molar-refractivity contribution in [1.29, 1.82) is 0 Å². The van der Waals surface area contributed by atoms with Gasteiger partial charge in [0.1, 0.15) is 18.9 Å². The van der Waals surface area contributed by atoms with Crippen LogP contribution in [0.25, 0.3) is 11.1 Å². The molecule has 144 valence electrons. The minimum absolute atomic E-state index is 0.00761. The first-order valence-corrected chi connectivity index (χ1v) is 8.37. The number of para-hydroxylation sites is 1. The van der Waals surface area contributed by atoms with Gasteiger partial charge in [0.25, 0.3) is 5.69 Å². The number of nitrogens with one attached hydrogen (secondary N) is 1. The molecular weight excluding hydrogens is 373 g/mol. The number of hydrogen-bond donors (Lipinski definition) is 1. The van der Waals surface area contributed by atoms with Gasteiger partial charge >= 0.3 is 5.76 Å². The number of aromatic nitrogens is 1. The number of fused-ring (bicyclic) bond motifs is 2. The van der Waals surface area contributed by atoms with E-state index < -0.39 is 35.3 Å². The van der Waals surface area contributed by atoms with E-state index in [1.807, 2.05) is 0 Å². The summed E-state index contributed by atoms with van der Waals surface area (Å²) < 4.78 is 25.7. The van der Waals surface area contributed by atoms with Crippen LogP contribution in [0.15, 0.2) is 51.7 Å². The summed E-state index contributed by atoms with van der Waals surface area (Å²) in [5.74, 6) is -0.956. The molecule has 2 aromatic carbocycles. The van der Waals surface area contributed by atoms with Gasteiger partial charge in [-0.25, -0.2) is 9.18 Å². The van der Waals surface area contributed by atoms with Gasteiger partial charge < -0.3 is 14.5 Å². The number of amides is 1. The molecule has 28 heavy (non-hydrogen) atoms. The lowest BCUT2D eigenvalue weighted by Gasteiger charge is -2.29. The van der Waals surface area contributed by atoms with E-state index in [1.165, 1.54) is 12.1 Å². The van der Waals surface area contributed by atoms with E-state index in [2.05, 4.69) is 5.32 Å². The van der Waals surface area contributed by atoms with E-state index in [1.54, 1.807) is 24.3 Å². The molecule has 0 fully saturated rings. The van der Waals surface area contributed by atoms with Crippen molar-refractivity contribution >= 4 is 22.7 Å². The van der Waals surface area contributed by atoms with Crippen molar-refractivity contribution in [2.24, 2.45) is 0 Å². The lowest BCUT2D eigenvalue weighted by Crippen LogP contribution is -2.41. The Balaban J connectivity index is 1.59. The molecular formula is C18H14FN3O6. The molecule has 9 nitrogen and oxygen atoms in total. The quantitative estimate of drug-likeness (QED) is 0.541. The number of hydrogen-bond acceptors (Lipinski definition) is 6. The third-order valence-corrected chi connectivity index (χ3v) is 4.49. The number of nitrogens with zero attached hydrogens (tertiary/aromatic N) is 2. The van der Waals surface area contributed by atoms with Crippen molar-refractivity contribution in [2.75, 3.05) is 6.61 Å². The maximum Gasteiger partial charge on any atom is 0.420 e. The van der Waals surface area contributed by atoms with Gasteiger partial charge in [-0.05, 0) is 12.1 Å². The van der Waals surface area contributed by atoms with Crippen LogP contribution in [0, 0.1) is 10.1 Å². The van der Waals surface area contributed by atoms with Crippen molar-refractivity contribution in [3.8, 4) is 5.75 Å². The third kappa shape index (κ3) is 3.08. The van der Waals surface area contributed by atoms with Crippen LogP contribution >= 0.6 is 0 Å². The summed E-state index contributed by atoms with van der Waals surface area (Å²) in [6, 6.07) is 9.52. The molecule has 4 rings (SSSR count). The van der Waals surface area contributed by atoms with E-state index in [0.29, 0.717) is 11.3 Å². The van der Waals surface area contributed by atoms with E-state index in [9.17, 15) is 24.1 Å². The number of alkyl halides is 1. The molecule has 0 saturated heterocycles. The van der Waals surface area contributed by atoms with Crippen molar-refractivity contribution < 1.29 is 23.3 Å². The first kappa shape index (κ1) is 17.7. The van der Waals surface area contributed by atoms with Gasteiger partial charge in [-0.1, -0.05) is 18.2 Å². The van der Waals surface area contributed by atoms with Crippen molar-refractivity contribution in [3.05, 3.63) is 68.7 Å². The van der Waals surface area contributed by atoms with Gasteiger partial charge in [-0.15, -0.1) is 0 Å². The first-order valence-electron chi connectivity index (χ1n) is 8.37. The number of benzene rings is 2. The summed E-state index contributed by atoms with van der Waals surface area (Å²) in [4.78, 5) is 34.8. The lowest BCUT2D eigenvalue weighted by molar-refractivity contribution is -0.384. The second-order valence-corrected chi connectivity index (χ2v) is 6.27. The Labute approximate surface area is 156 Å². The Morgan fingerprint density at radius 1 is 1.32 bits per heavy atom. The van der Waals surface area contributed by atoms with Gasteiger partial charge in [0.2, 0.25) is 5.91 Å². The summed E-state index contributed by atoms with van der Waals surface area (Å²) in [5.41, 5.74) is 0.494. The molecule has 0 saturated carbocycles. The van der Waals surface area contributed by atoms with E-state index >= 15 is 0 Å². The Kier molecular flexibility index (Phi) is 4.30. The molecule has 1 aromatic heterocycles. The zero-order valence-corrected chi connectivity index (χ0v) is 14.3. The SMILES string of the molecule is O=C(Cn1c(=O)oc2cc([N+](=O)[O-])ccc21)NC1c2ccccc2OCC1F. The average Bonchev–Trinajstić information content (AvgIpc) is 2.98. The molecule has 1 amide bonds. The minimum atomic E-state index is -1.45. The van der Waals surface area contributed by atoms with Crippen LogP contribution in [0.2, 0.25) is 0 Å². The summed E-state index contributed by atoms with van der Waals surface area (Å²) in [6.07, 6.45) is -1.45. The fourth-order valence-corrected chi connectivity index (χ4v) is 3.18. The molecule has 10 heteroatoms. The summed E-state index contributed by atoms with van der Waals surface area (Å²) in [7, 11) is 0. The number of halogens is 1. The van der Waals surface area contributed by atoms with Gasteiger partial charge in [-0.3, -0.25) is 19.5 Å². The maximum atomic E-state index is 14.3. The number of carbonyl (C=O) groups excluding carboxylic acids is 1. The number of rotatable bonds is 4. The number of carbonyl (C=O) groups is 1. The first-order chi connectivity index (χ1) is 13.4. The molecule has 2 heterocycles. The standard InChI is InChI=1S/C18H14FN3O6/c19-12-9-27-14-4-2-1-3-11(14)17(12)20-16(23)8-21-13-6-5-10(22(25)26)7-15(13)28-18(21)24/h1-7,12,17H,8-9H2,(H,20,23). The monoisotopic (exact) mass is 387 g/mol. The lowest BCUT2D eigenvalue weighted by atomic mass is 9.99. The van der Waals surface area contributed by atoms with Crippen LogP contribution in [0.4, 0.5) is 10.1 Å². The number of non-ortho nitro benzene ring substituents is 1. The predicted octanol–water partition coefficient (Wildman–Crippen LogP) is 2.09. The molecule has 0 radical (unpaired) electrons. The molecule has 2 atom stereocenters. The highest BCUT2D eigenvalue weighted by Gasteiger charge is 2.32. The number of ether oxygens (including phenoxy) is 1. The zero-order valence-electron chi connectivity index (χ0n) is 14.3. The fourth-order valence-electron chi connectivity index (χ4n) is 3.18. The van der Waals surface area contributed by atoms with Gasteiger partial charge in [0.05, 0.1) is 22.5 Å². The smallest absolute Gasteiger partial charge is 0.420 e. The van der Waals surface area contributed by atoms with Gasteiger partial charge in [0, 0.05) is 11.6 Å². The highest BCUT2D eigenvalue weighted by Crippen LogP contribution is 2.33. The van der Waals surface area contributed by atoms with Gasteiger partial charge in [-0.2, -0.15) is 0 Å². The Morgan fingerprint density at radius 2 is 2.11 bits per heavy atom. The Morgan fingerprint density at radius 3 is 2.89 bits per heavy atom. The van der Waals surface area contributed by atoms with Crippen LogP contribution in [0.5, 0.6) is 5.75 Å². The number of oxazole rings is 1. The van der Waals surface area contributed by atoms with E-state index in [-0.39, 0.29) is 23.4 Å². The molecule has 1 aliphatic rings. The maximum absolute atomic E-state index is 14.3. The number of nitro groups is 1. The number of nitro benzene ring substituents is 1. The molecule has 3 aromatic rings. The highest BCUT2D eigenvalue weighted by atomic mass is 19.1. The van der Waals surface area contributed by atoms with Crippen molar-refractivity contribution in [2.45, 2.75) is 18.8 Å². The van der Waals surface area contributed by atoms with E-state index in [4.69, 9.17) is 9.15 Å². The van der Waals surface area contributed by atoms with Crippen LogP contribution in [-0.2, 0) is 11.3 Å². The van der Waals surface area contributed by atoms with Crippen LogP contribution < -0.4 is 15.8 Å². The summed E-state index contributed by atoms with van der Waals surface area (Å²) in [5, 5.41) is 13.4. The largest absolute Gasteiger partial charge is 0.490 e. The Bertz CT molecular complexity index is 1140. The van der Waals surface area contributed by atoms with Crippen LogP contribution in [0.3, 0.4) is 0 Å². The zero-order chi connectivity index (χ0) is 19.8. The Hall–Kier alpha value is -3.69. The summed E-state index contributed by atoms with van der Waals surface area (Å²) in [6.45, 7) is -0.615. The second kappa shape index (κ2) is 6.80. The normalized spacial score (nSPS) is 18.3. The topological polar surface area (TPSA) is 117 Å². The predicted molar refractivity (Wildman–Crippen MR) is 94.8 cm³/mol. The molecule has 0 spiro atoms. The average molecular weight is 387 g/mol. The van der Waals surface area contributed by atoms with Gasteiger partial charge in [0.15, 0.2) is 11.8 Å². The molecule has 1 N–H and O–H groups in total.